The molecule has 5 rings (SSSR count). The molecule has 1 saturated heterocycles. The van der Waals surface area contributed by atoms with Gasteiger partial charge in [-0.05, 0) is 37.8 Å². The third-order valence-corrected chi connectivity index (χ3v) is 6.04. The number of hydrogen-bond donors (Lipinski definition) is 0. The Morgan fingerprint density at radius 1 is 1.29 bits per heavy atom. The van der Waals surface area contributed by atoms with Crippen molar-refractivity contribution >= 4 is 5.91 Å². The summed E-state index contributed by atoms with van der Waals surface area (Å²) in [6.45, 7) is 3.16. The molecule has 2 atom stereocenters. The number of fused-ring (bicyclic) bond motifs is 1. The first kappa shape index (κ1) is 17.0. The van der Waals surface area contributed by atoms with Crippen LogP contribution in [0.3, 0.4) is 0 Å². The van der Waals surface area contributed by atoms with Crippen LogP contribution in [0.4, 0.5) is 0 Å². The van der Waals surface area contributed by atoms with Crippen LogP contribution in [0.2, 0.25) is 0 Å². The van der Waals surface area contributed by atoms with Gasteiger partial charge in [0.2, 0.25) is 11.7 Å². The number of likely N-dealkylation sites (tertiary alicyclic amines) is 1. The van der Waals surface area contributed by atoms with E-state index >= 15 is 0 Å². The summed E-state index contributed by atoms with van der Waals surface area (Å²) in [4.78, 5) is 32.2. The largest absolute Gasteiger partial charge is 0.338 e. The van der Waals surface area contributed by atoms with Crippen LogP contribution in [0.5, 0.6) is 0 Å². The molecule has 4 heterocycles. The fourth-order valence-corrected chi connectivity index (χ4v) is 4.62. The Kier molecular flexibility index (Phi) is 3.92. The van der Waals surface area contributed by atoms with E-state index in [-0.39, 0.29) is 11.3 Å². The summed E-state index contributed by atoms with van der Waals surface area (Å²) in [6, 6.07) is 3.64. The fraction of sp³-hybridized carbons (Fsp3) is 0.400. The summed E-state index contributed by atoms with van der Waals surface area (Å²) in [5.74, 6) is 1.39. The van der Waals surface area contributed by atoms with E-state index in [2.05, 4.69) is 25.1 Å². The van der Waals surface area contributed by atoms with Crippen LogP contribution in [0, 0.1) is 12.8 Å². The molecule has 0 aromatic carbocycles. The number of nitrogens with zero attached hydrogens (tertiary/aromatic N) is 6. The Morgan fingerprint density at radius 3 is 3.04 bits per heavy atom. The molecule has 1 aliphatic carbocycles. The minimum Gasteiger partial charge on any atom is -0.338 e. The van der Waals surface area contributed by atoms with E-state index in [1.165, 1.54) is 0 Å². The molecule has 0 spiro atoms. The van der Waals surface area contributed by atoms with Gasteiger partial charge in [0.1, 0.15) is 5.69 Å². The molecule has 8 heteroatoms. The molecule has 0 bridgehead atoms. The maximum Gasteiger partial charge on any atom is 0.255 e. The molecule has 142 valence electrons. The average Bonchev–Trinajstić information content (AvgIpc) is 3.42. The first-order chi connectivity index (χ1) is 13.7. The highest BCUT2D eigenvalue weighted by atomic mass is 16.5. The molecule has 0 N–H and O–H groups in total. The van der Waals surface area contributed by atoms with Gasteiger partial charge in [-0.1, -0.05) is 11.6 Å². The molecule has 3 aromatic heterocycles. The summed E-state index contributed by atoms with van der Waals surface area (Å²) in [5, 5.41) is 4.13. The van der Waals surface area contributed by atoms with E-state index in [9.17, 15) is 4.79 Å². The van der Waals surface area contributed by atoms with Gasteiger partial charge in [0.05, 0.1) is 17.2 Å². The van der Waals surface area contributed by atoms with Gasteiger partial charge >= 0.3 is 0 Å². The van der Waals surface area contributed by atoms with Gasteiger partial charge in [-0.3, -0.25) is 14.8 Å². The van der Waals surface area contributed by atoms with Crippen LogP contribution in [-0.4, -0.2) is 49.0 Å². The quantitative estimate of drug-likeness (QED) is 0.692. The Labute approximate surface area is 162 Å². The van der Waals surface area contributed by atoms with E-state index in [0.717, 1.165) is 25.0 Å². The molecule has 2 aliphatic rings. The molecule has 3 aromatic rings. The minimum absolute atomic E-state index is 0.0213. The van der Waals surface area contributed by atoms with Gasteiger partial charge in [-0.15, -0.1) is 0 Å². The van der Waals surface area contributed by atoms with Crippen LogP contribution in [-0.2, 0) is 5.41 Å². The van der Waals surface area contributed by atoms with Crippen LogP contribution >= 0.6 is 0 Å². The predicted molar refractivity (Wildman–Crippen MR) is 99.2 cm³/mol. The molecule has 28 heavy (non-hydrogen) atoms. The van der Waals surface area contributed by atoms with Crippen LogP contribution < -0.4 is 0 Å². The molecule has 0 unspecified atom stereocenters. The predicted octanol–water partition coefficient (Wildman–Crippen LogP) is 2.42. The van der Waals surface area contributed by atoms with E-state index in [4.69, 9.17) is 4.52 Å². The van der Waals surface area contributed by atoms with Gasteiger partial charge in [0.15, 0.2) is 0 Å². The SMILES string of the molecule is Cc1ncccc1C(=O)N1C[C@H]2CCC[C@@]2(c2nc(-c3cnccn3)no2)C1. The van der Waals surface area contributed by atoms with Gasteiger partial charge in [-0.2, -0.15) is 4.98 Å². The lowest BCUT2D eigenvalue weighted by molar-refractivity contribution is 0.0774. The molecular weight excluding hydrogens is 356 g/mol. The number of pyridine rings is 1. The third-order valence-electron chi connectivity index (χ3n) is 6.04. The van der Waals surface area contributed by atoms with Crippen molar-refractivity contribution in [3.63, 3.8) is 0 Å². The number of carbonyl (C=O) groups is 1. The molecule has 1 amide bonds. The smallest absolute Gasteiger partial charge is 0.255 e. The third kappa shape index (κ3) is 2.59. The number of amides is 1. The van der Waals surface area contributed by atoms with Gasteiger partial charge < -0.3 is 9.42 Å². The average molecular weight is 376 g/mol. The lowest BCUT2D eigenvalue weighted by Crippen LogP contribution is -2.35. The van der Waals surface area contributed by atoms with Crippen molar-refractivity contribution in [1.82, 2.24) is 30.0 Å². The summed E-state index contributed by atoms with van der Waals surface area (Å²) < 4.78 is 5.69. The minimum atomic E-state index is -0.279. The second-order valence-corrected chi connectivity index (χ2v) is 7.58. The zero-order valence-electron chi connectivity index (χ0n) is 15.6. The normalized spacial score (nSPS) is 23.8. The van der Waals surface area contributed by atoms with Crippen molar-refractivity contribution in [1.29, 1.82) is 0 Å². The summed E-state index contributed by atoms with van der Waals surface area (Å²) in [6.07, 6.45) is 9.63. The van der Waals surface area contributed by atoms with Gasteiger partial charge in [0, 0.05) is 37.4 Å². The number of rotatable bonds is 3. The topological polar surface area (TPSA) is 97.9 Å². The molecule has 2 fully saturated rings. The van der Waals surface area contributed by atoms with E-state index in [1.807, 2.05) is 17.9 Å². The fourth-order valence-electron chi connectivity index (χ4n) is 4.62. The number of aromatic nitrogens is 5. The van der Waals surface area contributed by atoms with E-state index in [0.29, 0.717) is 42.0 Å². The standard InChI is InChI=1S/C20H20N6O2/c1-13-15(5-3-7-22-13)18(27)26-11-14-4-2-6-20(14,12-26)19-24-17(25-28-19)16-10-21-8-9-23-16/h3,5,7-10,14H,2,4,6,11-12H2,1H3/t14-,20-/m1/s1. The van der Waals surface area contributed by atoms with Gasteiger partial charge in [0.25, 0.3) is 5.91 Å². The van der Waals surface area contributed by atoms with Crippen molar-refractivity contribution in [2.45, 2.75) is 31.6 Å². The van der Waals surface area contributed by atoms with Crippen molar-refractivity contribution < 1.29 is 9.32 Å². The second-order valence-electron chi connectivity index (χ2n) is 7.58. The van der Waals surface area contributed by atoms with E-state index in [1.54, 1.807) is 30.9 Å². The lowest BCUT2D eigenvalue weighted by Gasteiger charge is -2.24. The number of hydrogen-bond acceptors (Lipinski definition) is 7. The monoisotopic (exact) mass is 376 g/mol. The molecule has 0 radical (unpaired) electrons. The van der Waals surface area contributed by atoms with E-state index < -0.39 is 0 Å². The number of carbonyl (C=O) groups excluding carboxylic acids is 1. The highest BCUT2D eigenvalue weighted by Gasteiger charge is 2.55. The lowest BCUT2D eigenvalue weighted by atomic mass is 9.80. The Bertz CT molecular complexity index is 1020. The summed E-state index contributed by atoms with van der Waals surface area (Å²) in [5.41, 5.74) is 1.71. The summed E-state index contributed by atoms with van der Waals surface area (Å²) in [7, 11) is 0. The Morgan fingerprint density at radius 2 is 2.21 bits per heavy atom. The Hall–Kier alpha value is -3.16. The first-order valence-corrected chi connectivity index (χ1v) is 9.49. The highest BCUT2D eigenvalue weighted by Crippen LogP contribution is 2.50. The van der Waals surface area contributed by atoms with Gasteiger partial charge in [-0.25, -0.2) is 4.98 Å². The molecule has 1 saturated carbocycles. The molecule has 8 nitrogen and oxygen atoms in total. The maximum atomic E-state index is 13.1. The maximum absolute atomic E-state index is 13.1. The highest BCUT2D eigenvalue weighted by molar-refractivity contribution is 5.95. The van der Waals surface area contributed by atoms with Crippen LogP contribution in [0.25, 0.3) is 11.5 Å². The first-order valence-electron chi connectivity index (χ1n) is 9.49. The summed E-state index contributed by atoms with van der Waals surface area (Å²) >= 11 is 0. The molecular formula is C20H20N6O2. The second kappa shape index (κ2) is 6.47. The van der Waals surface area contributed by atoms with Crippen molar-refractivity contribution in [2.24, 2.45) is 5.92 Å². The van der Waals surface area contributed by atoms with Crippen molar-refractivity contribution in [3.8, 4) is 11.5 Å². The molecule has 1 aliphatic heterocycles. The zero-order valence-corrected chi connectivity index (χ0v) is 15.6. The van der Waals surface area contributed by atoms with Crippen LogP contribution in [0.15, 0.2) is 41.4 Å². The Balaban J connectivity index is 1.45. The zero-order chi connectivity index (χ0) is 19.1. The van der Waals surface area contributed by atoms with Crippen LogP contribution in [0.1, 0.15) is 41.2 Å². The van der Waals surface area contributed by atoms with Crippen molar-refractivity contribution in [2.75, 3.05) is 13.1 Å². The number of aryl methyl sites for hydroxylation is 1. The van der Waals surface area contributed by atoms with Crippen molar-refractivity contribution in [3.05, 3.63) is 54.1 Å².